The minimum Gasteiger partial charge on any atom is -0.347 e. The van der Waals surface area contributed by atoms with E-state index in [4.69, 9.17) is 0 Å². The fourth-order valence-corrected chi connectivity index (χ4v) is 2.42. The van der Waals surface area contributed by atoms with Gasteiger partial charge in [-0.3, -0.25) is 4.79 Å². The molecule has 0 aliphatic rings. The normalized spacial score (nSPS) is 10.5. The van der Waals surface area contributed by atoms with Crippen LogP contribution < -0.4 is 10.6 Å². The van der Waals surface area contributed by atoms with Crippen LogP contribution in [-0.4, -0.2) is 15.9 Å². The van der Waals surface area contributed by atoms with Gasteiger partial charge in [0.15, 0.2) is 11.6 Å². The average molecular weight is 368 g/mol. The van der Waals surface area contributed by atoms with Crippen molar-refractivity contribution in [3.63, 3.8) is 0 Å². The number of hydrogen-bond acceptors (Lipinski definition) is 4. The zero-order valence-corrected chi connectivity index (χ0v) is 14.9. The maximum atomic E-state index is 13.3. The molecule has 2 N–H and O–H groups in total. The summed E-state index contributed by atoms with van der Waals surface area (Å²) in [6, 6.07) is 12.7. The number of aryl methyl sites for hydroxylation is 2. The van der Waals surface area contributed by atoms with Crippen molar-refractivity contribution in [1.82, 2.24) is 15.3 Å². The minimum absolute atomic E-state index is 0.126. The summed E-state index contributed by atoms with van der Waals surface area (Å²) in [6.45, 7) is 4.08. The molecular weight excluding hydrogens is 350 g/mol. The van der Waals surface area contributed by atoms with Crippen molar-refractivity contribution >= 4 is 17.5 Å². The summed E-state index contributed by atoms with van der Waals surface area (Å²) in [7, 11) is 0. The molecule has 138 valence electrons. The Hall–Kier alpha value is -3.35. The summed E-state index contributed by atoms with van der Waals surface area (Å²) in [4.78, 5) is 20.7. The van der Waals surface area contributed by atoms with Crippen molar-refractivity contribution in [3.8, 4) is 0 Å². The topological polar surface area (TPSA) is 66.9 Å². The Balaban J connectivity index is 1.72. The molecule has 2 aromatic carbocycles. The highest BCUT2D eigenvalue weighted by atomic mass is 19.2. The molecule has 0 aliphatic heterocycles. The number of nitrogens with zero attached hydrogens (tertiary/aromatic N) is 2. The Kier molecular flexibility index (Phi) is 5.40. The van der Waals surface area contributed by atoms with Gasteiger partial charge in [0.25, 0.3) is 5.91 Å². The monoisotopic (exact) mass is 368 g/mol. The van der Waals surface area contributed by atoms with E-state index in [0.29, 0.717) is 12.2 Å². The first-order chi connectivity index (χ1) is 12.9. The van der Waals surface area contributed by atoms with Crippen LogP contribution in [0.3, 0.4) is 0 Å². The van der Waals surface area contributed by atoms with Gasteiger partial charge in [0.2, 0.25) is 5.95 Å². The van der Waals surface area contributed by atoms with Crippen LogP contribution in [0, 0.1) is 25.5 Å². The number of rotatable bonds is 5. The highest BCUT2D eigenvalue weighted by molar-refractivity contribution is 5.92. The first-order valence-corrected chi connectivity index (χ1v) is 8.32. The highest BCUT2D eigenvalue weighted by Crippen LogP contribution is 2.17. The van der Waals surface area contributed by atoms with Gasteiger partial charge < -0.3 is 10.6 Å². The summed E-state index contributed by atoms with van der Waals surface area (Å²) < 4.78 is 26.4. The molecule has 0 aliphatic carbocycles. The average Bonchev–Trinajstić information content (AvgIpc) is 2.63. The fraction of sp³-hybridized carbons (Fsp3) is 0.150. The quantitative estimate of drug-likeness (QED) is 0.713. The van der Waals surface area contributed by atoms with Crippen LogP contribution in [0.2, 0.25) is 0 Å². The van der Waals surface area contributed by atoms with Crippen LogP contribution in [0.1, 0.15) is 27.3 Å². The molecule has 1 aromatic heterocycles. The van der Waals surface area contributed by atoms with E-state index in [0.717, 1.165) is 23.3 Å². The number of anilines is 2. The fourth-order valence-electron chi connectivity index (χ4n) is 2.42. The number of hydrogen-bond donors (Lipinski definition) is 2. The Morgan fingerprint density at radius 2 is 1.70 bits per heavy atom. The largest absolute Gasteiger partial charge is 0.347 e. The highest BCUT2D eigenvalue weighted by Gasteiger charge is 2.11. The number of halogens is 2. The summed E-state index contributed by atoms with van der Waals surface area (Å²) in [6.07, 6.45) is 0. The molecule has 0 spiro atoms. The third-order valence-electron chi connectivity index (χ3n) is 3.84. The van der Waals surface area contributed by atoms with Gasteiger partial charge in [-0.25, -0.2) is 18.7 Å². The molecule has 0 saturated heterocycles. The van der Waals surface area contributed by atoms with E-state index in [9.17, 15) is 13.6 Å². The maximum absolute atomic E-state index is 13.3. The molecule has 1 heterocycles. The van der Waals surface area contributed by atoms with E-state index < -0.39 is 11.6 Å². The molecule has 0 unspecified atom stereocenters. The lowest BCUT2D eigenvalue weighted by Crippen LogP contribution is -2.24. The van der Waals surface area contributed by atoms with E-state index in [2.05, 4.69) is 20.6 Å². The van der Waals surface area contributed by atoms with E-state index >= 15 is 0 Å². The first kappa shape index (κ1) is 18.4. The van der Waals surface area contributed by atoms with E-state index in [1.165, 1.54) is 6.07 Å². The van der Waals surface area contributed by atoms with Crippen molar-refractivity contribution in [2.45, 2.75) is 20.4 Å². The zero-order chi connectivity index (χ0) is 19.4. The van der Waals surface area contributed by atoms with Gasteiger partial charge in [-0.15, -0.1) is 0 Å². The van der Waals surface area contributed by atoms with Crippen molar-refractivity contribution in [3.05, 3.63) is 82.7 Å². The van der Waals surface area contributed by atoms with Gasteiger partial charge in [-0.05, 0) is 37.6 Å². The Morgan fingerprint density at radius 3 is 2.41 bits per heavy atom. The predicted molar refractivity (Wildman–Crippen MR) is 98.8 cm³/mol. The Morgan fingerprint density at radius 1 is 0.963 bits per heavy atom. The van der Waals surface area contributed by atoms with Crippen molar-refractivity contribution in [2.75, 3.05) is 5.32 Å². The summed E-state index contributed by atoms with van der Waals surface area (Å²) in [5.41, 5.74) is 3.14. The second kappa shape index (κ2) is 7.90. The van der Waals surface area contributed by atoms with Gasteiger partial charge in [0, 0.05) is 24.0 Å². The second-order valence-corrected chi connectivity index (χ2v) is 6.14. The number of benzene rings is 2. The molecule has 27 heavy (non-hydrogen) atoms. The maximum Gasteiger partial charge on any atom is 0.270 e. The molecule has 1 amide bonds. The van der Waals surface area contributed by atoms with Crippen LogP contribution in [0.4, 0.5) is 20.4 Å². The molecule has 7 heteroatoms. The predicted octanol–water partition coefficient (Wildman–Crippen LogP) is 4.05. The number of carbonyl (C=O) groups excluding carboxylic acids is 1. The summed E-state index contributed by atoms with van der Waals surface area (Å²) in [5.74, 6) is -2.15. The SMILES string of the molecule is Cc1ccc(CNC(=O)c2cc(C)nc(Nc3ccc(F)c(F)c3)n2)cc1. The summed E-state index contributed by atoms with van der Waals surface area (Å²) in [5, 5.41) is 5.58. The second-order valence-electron chi connectivity index (χ2n) is 6.14. The molecule has 3 rings (SSSR count). The van der Waals surface area contributed by atoms with Crippen molar-refractivity contribution in [1.29, 1.82) is 0 Å². The van der Waals surface area contributed by atoms with Crippen molar-refractivity contribution in [2.24, 2.45) is 0 Å². The van der Waals surface area contributed by atoms with E-state index in [-0.39, 0.29) is 23.2 Å². The lowest BCUT2D eigenvalue weighted by Gasteiger charge is -2.09. The third kappa shape index (κ3) is 4.84. The third-order valence-corrected chi connectivity index (χ3v) is 3.84. The number of amides is 1. The van der Waals surface area contributed by atoms with Crippen LogP contribution in [0.15, 0.2) is 48.5 Å². The van der Waals surface area contributed by atoms with Crippen LogP contribution in [0.25, 0.3) is 0 Å². The van der Waals surface area contributed by atoms with Gasteiger partial charge >= 0.3 is 0 Å². The van der Waals surface area contributed by atoms with Gasteiger partial charge in [-0.1, -0.05) is 29.8 Å². The molecule has 0 saturated carbocycles. The molecule has 0 radical (unpaired) electrons. The molecule has 0 fully saturated rings. The molecule has 0 bridgehead atoms. The molecule has 3 aromatic rings. The zero-order valence-electron chi connectivity index (χ0n) is 14.9. The van der Waals surface area contributed by atoms with Crippen LogP contribution in [0.5, 0.6) is 0 Å². The minimum atomic E-state index is -0.983. The van der Waals surface area contributed by atoms with Gasteiger partial charge in [0.1, 0.15) is 5.69 Å². The number of nitrogens with one attached hydrogen (secondary N) is 2. The smallest absolute Gasteiger partial charge is 0.270 e. The summed E-state index contributed by atoms with van der Waals surface area (Å²) >= 11 is 0. The molecule has 5 nitrogen and oxygen atoms in total. The van der Waals surface area contributed by atoms with Gasteiger partial charge in [-0.2, -0.15) is 0 Å². The number of aromatic nitrogens is 2. The van der Waals surface area contributed by atoms with Crippen LogP contribution in [-0.2, 0) is 6.54 Å². The molecule has 0 atom stereocenters. The lowest BCUT2D eigenvalue weighted by atomic mass is 10.1. The van der Waals surface area contributed by atoms with Crippen molar-refractivity contribution < 1.29 is 13.6 Å². The lowest BCUT2D eigenvalue weighted by molar-refractivity contribution is 0.0945. The van der Waals surface area contributed by atoms with Gasteiger partial charge in [0.05, 0.1) is 0 Å². The molecular formula is C20H18F2N4O. The Labute approximate surface area is 155 Å². The van der Waals surface area contributed by atoms with E-state index in [1.54, 1.807) is 13.0 Å². The first-order valence-electron chi connectivity index (χ1n) is 8.32. The standard InChI is InChI=1S/C20H18F2N4O/c1-12-3-5-14(6-4-12)11-23-19(27)18-9-13(2)24-20(26-18)25-15-7-8-16(21)17(22)10-15/h3-10H,11H2,1-2H3,(H,23,27)(H,24,25,26). The van der Waals surface area contributed by atoms with E-state index in [1.807, 2.05) is 31.2 Å². The van der Waals surface area contributed by atoms with Crippen LogP contribution >= 0.6 is 0 Å². The number of carbonyl (C=O) groups is 1. The Bertz CT molecular complexity index is 974.